The quantitative estimate of drug-likeness (QED) is 0.292. The second-order valence-electron chi connectivity index (χ2n) is 8.37. The number of fused-ring (bicyclic) bond motifs is 1. The number of rotatable bonds is 6. The number of carbonyl (C=O) groups excluding carboxylic acids is 1. The monoisotopic (exact) mass is 568 g/mol. The van der Waals surface area contributed by atoms with Crippen LogP contribution >= 0.6 is 34.5 Å². The summed E-state index contributed by atoms with van der Waals surface area (Å²) in [5, 5.41) is 0.977. The van der Waals surface area contributed by atoms with Crippen molar-refractivity contribution in [2.45, 2.75) is 19.9 Å². The van der Waals surface area contributed by atoms with E-state index in [-0.39, 0.29) is 17.7 Å². The first-order valence-corrected chi connectivity index (χ1v) is 13.3. The summed E-state index contributed by atoms with van der Waals surface area (Å²) < 4.78 is 18.8. The second kappa shape index (κ2) is 10.6. The molecule has 1 aliphatic heterocycles. The maximum atomic E-state index is 13.8. The molecule has 0 N–H and O–H groups in total. The zero-order valence-electron chi connectivity index (χ0n) is 20.7. The molecule has 5 rings (SSSR count). The van der Waals surface area contributed by atoms with Gasteiger partial charge in [-0.1, -0.05) is 52.7 Å². The minimum Gasteiger partial charge on any atom is -0.496 e. The van der Waals surface area contributed by atoms with Gasteiger partial charge >= 0.3 is 5.97 Å². The minimum absolute atomic E-state index is 0.192. The standard InChI is InChI=1S/C28H22Cl2N2O5S/c1-4-36-27(34)24-15(2)31-28-32(25(24)19-7-5-6-8-21(19)35-3)26(33)23(38-28)14-17-10-12-22(37-17)18-11-9-16(29)13-20(18)30/h5-14,25H,4H2,1-3H3/b23-14+/t25-/m1/s1. The van der Waals surface area contributed by atoms with Gasteiger partial charge in [-0.2, -0.15) is 0 Å². The average molecular weight is 569 g/mol. The summed E-state index contributed by atoms with van der Waals surface area (Å²) in [4.78, 5) is 31.9. The number of hydrogen-bond acceptors (Lipinski definition) is 7. The van der Waals surface area contributed by atoms with E-state index in [4.69, 9.17) is 37.1 Å². The average Bonchev–Trinajstić information content (AvgIpc) is 3.47. The third-order valence-corrected chi connectivity index (χ3v) is 7.58. The fourth-order valence-corrected chi connectivity index (χ4v) is 5.90. The van der Waals surface area contributed by atoms with Crippen molar-refractivity contribution in [2.75, 3.05) is 13.7 Å². The molecule has 0 bridgehead atoms. The van der Waals surface area contributed by atoms with Gasteiger partial charge in [0.05, 0.1) is 34.5 Å². The largest absolute Gasteiger partial charge is 0.496 e. The first-order chi connectivity index (χ1) is 18.3. The first kappa shape index (κ1) is 26.0. The van der Waals surface area contributed by atoms with Crippen LogP contribution in [0.1, 0.15) is 31.2 Å². The van der Waals surface area contributed by atoms with Crippen molar-refractivity contribution in [3.8, 4) is 17.1 Å². The number of halogens is 2. The van der Waals surface area contributed by atoms with Gasteiger partial charge in [0, 0.05) is 22.2 Å². The number of esters is 1. The topological polar surface area (TPSA) is 83.0 Å². The fraction of sp³-hybridized carbons (Fsp3) is 0.179. The highest BCUT2D eigenvalue weighted by molar-refractivity contribution is 7.07. The molecule has 2 aromatic heterocycles. The first-order valence-electron chi connectivity index (χ1n) is 11.7. The molecule has 0 spiro atoms. The van der Waals surface area contributed by atoms with Crippen LogP contribution < -0.4 is 19.6 Å². The lowest BCUT2D eigenvalue weighted by Crippen LogP contribution is -2.40. The molecular weight excluding hydrogens is 547 g/mol. The summed E-state index contributed by atoms with van der Waals surface area (Å²) in [6, 6.07) is 15.2. The number of thiazole rings is 1. The van der Waals surface area contributed by atoms with Crippen LogP contribution in [0.3, 0.4) is 0 Å². The Morgan fingerprint density at radius 1 is 1.18 bits per heavy atom. The Morgan fingerprint density at radius 3 is 2.71 bits per heavy atom. The van der Waals surface area contributed by atoms with Gasteiger partial charge in [-0.15, -0.1) is 0 Å². The van der Waals surface area contributed by atoms with Gasteiger partial charge in [0.25, 0.3) is 5.56 Å². The van der Waals surface area contributed by atoms with Gasteiger partial charge in [0.1, 0.15) is 23.3 Å². The number of para-hydroxylation sites is 1. The summed E-state index contributed by atoms with van der Waals surface area (Å²) in [6.45, 7) is 3.66. The number of aromatic nitrogens is 1. The summed E-state index contributed by atoms with van der Waals surface area (Å²) in [5.41, 5.74) is 1.78. The molecule has 4 aromatic rings. The van der Waals surface area contributed by atoms with Crippen LogP contribution in [0.4, 0.5) is 0 Å². The molecule has 0 saturated carbocycles. The highest BCUT2D eigenvalue weighted by Gasteiger charge is 2.35. The Hall–Kier alpha value is -3.59. The molecule has 2 aromatic carbocycles. The number of ether oxygens (including phenoxy) is 2. The number of hydrogen-bond donors (Lipinski definition) is 0. The van der Waals surface area contributed by atoms with Gasteiger partial charge < -0.3 is 13.9 Å². The maximum Gasteiger partial charge on any atom is 0.338 e. The normalized spacial score (nSPS) is 15.3. The Morgan fingerprint density at radius 2 is 1.97 bits per heavy atom. The Balaban J connectivity index is 1.66. The van der Waals surface area contributed by atoms with Gasteiger partial charge in [0.2, 0.25) is 0 Å². The van der Waals surface area contributed by atoms with Crippen molar-refractivity contribution in [1.82, 2.24) is 4.57 Å². The van der Waals surface area contributed by atoms with Crippen molar-refractivity contribution in [3.63, 3.8) is 0 Å². The molecule has 0 unspecified atom stereocenters. The molecule has 0 aliphatic carbocycles. The van der Waals surface area contributed by atoms with E-state index >= 15 is 0 Å². The number of methoxy groups -OCH3 is 1. The number of furan rings is 1. The summed E-state index contributed by atoms with van der Waals surface area (Å²) in [6.07, 6.45) is 1.65. The number of allylic oxidation sites excluding steroid dienone is 1. The Labute approximate surface area is 231 Å². The van der Waals surface area contributed by atoms with Crippen molar-refractivity contribution >= 4 is 46.6 Å². The van der Waals surface area contributed by atoms with E-state index in [1.807, 2.05) is 18.2 Å². The maximum absolute atomic E-state index is 13.8. The highest BCUT2D eigenvalue weighted by atomic mass is 35.5. The SMILES string of the molecule is CCOC(=O)C1=C(C)N=c2s/c(=C/c3ccc(-c4ccc(Cl)cc4Cl)o3)c(=O)n2[C@@H]1c1ccccc1OC. The van der Waals surface area contributed by atoms with Crippen LogP contribution in [0.5, 0.6) is 5.75 Å². The highest BCUT2D eigenvalue weighted by Crippen LogP contribution is 2.36. The van der Waals surface area contributed by atoms with E-state index in [9.17, 15) is 9.59 Å². The fourth-order valence-electron chi connectivity index (χ4n) is 4.37. The van der Waals surface area contributed by atoms with Gasteiger partial charge in [-0.3, -0.25) is 9.36 Å². The molecule has 3 heterocycles. The van der Waals surface area contributed by atoms with Crippen molar-refractivity contribution in [1.29, 1.82) is 0 Å². The van der Waals surface area contributed by atoms with Crippen LogP contribution in [-0.2, 0) is 9.53 Å². The lowest BCUT2D eigenvalue weighted by Gasteiger charge is -2.25. The summed E-state index contributed by atoms with van der Waals surface area (Å²) in [5.74, 6) is 1.01. The molecule has 1 aliphatic rings. The molecule has 194 valence electrons. The van der Waals surface area contributed by atoms with Crippen LogP contribution in [0.25, 0.3) is 17.4 Å². The minimum atomic E-state index is -0.774. The smallest absolute Gasteiger partial charge is 0.338 e. The Bertz CT molecular complexity index is 1770. The molecule has 38 heavy (non-hydrogen) atoms. The number of carbonyl (C=O) groups is 1. The molecule has 0 saturated heterocycles. The number of benzene rings is 2. The molecule has 1 atom stereocenters. The molecule has 0 amide bonds. The van der Waals surface area contributed by atoms with E-state index < -0.39 is 12.0 Å². The van der Waals surface area contributed by atoms with Crippen LogP contribution in [0.2, 0.25) is 10.0 Å². The van der Waals surface area contributed by atoms with Gasteiger partial charge in [0.15, 0.2) is 4.80 Å². The van der Waals surface area contributed by atoms with Crippen molar-refractivity contribution < 1.29 is 18.7 Å². The number of nitrogens with zero attached hydrogens (tertiary/aromatic N) is 2. The second-order valence-corrected chi connectivity index (χ2v) is 10.2. The lowest BCUT2D eigenvalue weighted by atomic mass is 9.95. The predicted molar refractivity (Wildman–Crippen MR) is 148 cm³/mol. The molecule has 0 radical (unpaired) electrons. The molecule has 7 nitrogen and oxygen atoms in total. The molecule has 0 fully saturated rings. The van der Waals surface area contributed by atoms with E-state index in [2.05, 4.69) is 4.99 Å². The zero-order chi connectivity index (χ0) is 27.0. The van der Waals surface area contributed by atoms with E-state index in [0.29, 0.717) is 53.5 Å². The van der Waals surface area contributed by atoms with E-state index in [1.165, 1.54) is 15.9 Å². The van der Waals surface area contributed by atoms with Gasteiger partial charge in [-0.05, 0) is 50.2 Å². The predicted octanol–water partition coefficient (Wildman–Crippen LogP) is 5.37. The third-order valence-electron chi connectivity index (χ3n) is 6.05. The van der Waals surface area contributed by atoms with Crippen molar-refractivity contribution in [2.24, 2.45) is 4.99 Å². The van der Waals surface area contributed by atoms with E-state index in [0.717, 1.165) is 0 Å². The van der Waals surface area contributed by atoms with Gasteiger partial charge in [-0.25, -0.2) is 9.79 Å². The summed E-state index contributed by atoms with van der Waals surface area (Å²) >= 11 is 13.5. The van der Waals surface area contributed by atoms with Crippen molar-refractivity contribution in [3.05, 3.63) is 107 Å². The van der Waals surface area contributed by atoms with Crippen LogP contribution in [-0.4, -0.2) is 24.3 Å². The molecule has 10 heteroatoms. The zero-order valence-corrected chi connectivity index (χ0v) is 23.0. The molecular formula is C28H22Cl2N2O5S. The van der Waals surface area contributed by atoms with Crippen LogP contribution in [0.15, 0.2) is 80.1 Å². The third kappa shape index (κ3) is 4.71. The lowest BCUT2D eigenvalue weighted by molar-refractivity contribution is -0.139. The van der Waals surface area contributed by atoms with E-state index in [1.54, 1.807) is 63.4 Å². The van der Waals surface area contributed by atoms with Crippen LogP contribution in [0, 0.1) is 0 Å². The summed E-state index contributed by atoms with van der Waals surface area (Å²) in [7, 11) is 1.55. The Kier molecular flexibility index (Phi) is 7.29.